The van der Waals surface area contributed by atoms with Crippen molar-refractivity contribution in [2.24, 2.45) is 0 Å². The minimum atomic E-state index is -0.0802. The molecule has 0 aromatic heterocycles. The molecule has 2 aromatic rings. The van der Waals surface area contributed by atoms with Crippen LogP contribution in [0.1, 0.15) is 17.2 Å². The Labute approximate surface area is 166 Å². The van der Waals surface area contributed by atoms with Crippen LogP contribution < -0.4 is 5.43 Å². The molecule has 2 aromatic carbocycles. The third kappa shape index (κ3) is 3.09. The summed E-state index contributed by atoms with van der Waals surface area (Å²) in [5.41, 5.74) is 9.02. The maximum absolute atomic E-state index is 6.26. The zero-order valence-corrected chi connectivity index (χ0v) is 16.4. The van der Waals surface area contributed by atoms with Crippen molar-refractivity contribution in [3.05, 3.63) is 83.1 Å². The van der Waals surface area contributed by atoms with E-state index in [2.05, 4.69) is 71.0 Å². The number of hydrogen-bond acceptors (Lipinski definition) is 4. The van der Waals surface area contributed by atoms with Gasteiger partial charge in [0.25, 0.3) is 0 Å². The van der Waals surface area contributed by atoms with E-state index >= 15 is 0 Å². The van der Waals surface area contributed by atoms with Crippen LogP contribution in [0.4, 0.5) is 0 Å². The molecule has 5 heteroatoms. The summed E-state index contributed by atoms with van der Waals surface area (Å²) < 4.78 is 12.9. The number of benzene rings is 2. The molecule has 2 atom stereocenters. The van der Waals surface area contributed by atoms with Gasteiger partial charge in [-0.3, -0.25) is 4.90 Å². The molecular formula is C23H28N3O2+. The van der Waals surface area contributed by atoms with Gasteiger partial charge in [0.2, 0.25) is 0 Å². The zero-order chi connectivity index (χ0) is 19.0. The minimum Gasteiger partial charge on any atom is -0.358 e. The standard InChI is InChI=1S/C23H28N3O2/c1-27-23-21-20(17-28-22(21)19-10-6-3-7-11-19)26(24-23)14-12-25(13-15-26)16-18-8-4-2-5-9-18/h2-11,22-24H,12-17H2,1H3/q+1. The van der Waals surface area contributed by atoms with Gasteiger partial charge in [0.1, 0.15) is 25.8 Å². The monoisotopic (exact) mass is 378 g/mol. The summed E-state index contributed by atoms with van der Waals surface area (Å²) in [6, 6.07) is 21.2. The SMILES string of the molecule is COC1N[N+]2(CCN(Cc3ccccc3)CC2)C2=C1C(c1ccccc1)OC2. The Morgan fingerprint density at radius 2 is 1.71 bits per heavy atom. The van der Waals surface area contributed by atoms with Crippen molar-refractivity contribution in [3.8, 4) is 0 Å². The predicted octanol–water partition coefficient (Wildman–Crippen LogP) is 2.84. The van der Waals surface area contributed by atoms with E-state index in [1.807, 2.05) is 0 Å². The molecule has 1 N–H and O–H groups in total. The van der Waals surface area contributed by atoms with E-state index in [0.29, 0.717) is 6.61 Å². The summed E-state index contributed by atoms with van der Waals surface area (Å²) in [6.07, 6.45) is -0.0862. The van der Waals surface area contributed by atoms with Gasteiger partial charge in [0.05, 0.1) is 18.7 Å². The molecule has 2 unspecified atom stereocenters. The van der Waals surface area contributed by atoms with Crippen molar-refractivity contribution in [3.63, 3.8) is 0 Å². The summed E-state index contributed by atoms with van der Waals surface area (Å²) in [6.45, 7) is 5.90. The van der Waals surface area contributed by atoms with Gasteiger partial charge in [0, 0.05) is 13.7 Å². The van der Waals surface area contributed by atoms with E-state index in [0.717, 1.165) is 37.3 Å². The van der Waals surface area contributed by atoms with Crippen LogP contribution in [0.15, 0.2) is 71.9 Å². The molecule has 3 aliphatic heterocycles. The molecule has 0 bridgehead atoms. The van der Waals surface area contributed by atoms with Crippen LogP contribution in [0.5, 0.6) is 0 Å². The van der Waals surface area contributed by atoms with Gasteiger partial charge in [-0.15, -0.1) is 5.43 Å². The highest BCUT2D eigenvalue weighted by molar-refractivity contribution is 5.34. The molecule has 1 saturated heterocycles. The van der Waals surface area contributed by atoms with Gasteiger partial charge >= 0.3 is 0 Å². The lowest BCUT2D eigenvalue weighted by Crippen LogP contribution is -2.65. The van der Waals surface area contributed by atoms with E-state index in [4.69, 9.17) is 9.47 Å². The van der Waals surface area contributed by atoms with Crippen molar-refractivity contribution in [1.29, 1.82) is 0 Å². The second-order valence-corrected chi connectivity index (χ2v) is 7.93. The number of hydrogen-bond donors (Lipinski definition) is 1. The number of piperazine rings is 1. The maximum atomic E-state index is 6.26. The Kier molecular flexibility index (Phi) is 4.78. The van der Waals surface area contributed by atoms with Gasteiger partial charge in [-0.05, 0) is 11.1 Å². The second-order valence-electron chi connectivity index (χ2n) is 7.93. The maximum Gasteiger partial charge on any atom is 0.183 e. The third-order valence-electron chi connectivity index (χ3n) is 6.35. The van der Waals surface area contributed by atoms with Crippen LogP contribution in [0.2, 0.25) is 0 Å². The van der Waals surface area contributed by atoms with Gasteiger partial charge in [0.15, 0.2) is 11.9 Å². The highest BCUT2D eigenvalue weighted by atomic mass is 16.5. The summed E-state index contributed by atoms with van der Waals surface area (Å²) in [5.74, 6) is 0. The lowest BCUT2D eigenvalue weighted by atomic mass is 10.0. The molecule has 0 aliphatic carbocycles. The van der Waals surface area contributed by atoms with Gasteiger partial charge in [-0.2, -0.15) is 0 Å². The normalized spacial score (nSPS) is 26.8. The largest absolute Gasteiger partial charge is 0.358 e. The van der Waals surface area contributed by atoms with E-state index in [1.54, 1.807) is 7.11 Å². The van der Waals surface area contributed by atoms with E-state index in [9.17, 15) is 0 Å². The number of rotatable bonds is 4. The minimum absolute atomic E-state index is 0.00602. The van der Waals surface area contributed by atoms with E-state index in [-0.39, 0.29) is 12.3 Å². The van der Waals surface area contributed by atoms with E-state index < -0.39 is 0 Å². The third-order valence-corrected chi connectivity index (χ3v) is 6.35. The van der Waals surface area contributed by atoms with E-state index in [1.165, 1.54) is 22.4 Å². The smallest absolute Gasteiger partial charge is 0.183 e. The lowest BCUT2D eigenvalue weighted by molar-refractivity contribution is -0.938. The van der Waals surface area contributed by atoms with Crippen molar-refractivity contribution in [1.82, 2.24) is 10.3 Å². The van der Waals surface area contributed by atoms with Crippen LogP contribution >= 0.6 is 0 Å². The highest BCUT2D eigenvalue weighted by Gasteiger charge is 2.53. The molecule has 3 aliphatic rings. The number of nitrogens with zero attached hydrogens (tertiary/aromatic N) is 2. The number of quaternary nitrogens is 1. The predicted molar refractivity (Wildman–Crippen MR) is 108 cm³/mol. The lowest BCUT2D eigenvalue weighted by Gasteiger charge is -2.42. The van der Waals surface area contributed by atoms with Crippen molar-refractivity contribution in [2.45, 2.75) is 18.9 Å². The van der Waals surface area contributed by atoms with Crippen molar-refractivity contribution in [2.75, 3.05) is 39.9 Å². The molecule has 0 saturated carbocycles. The molecule has 0 radical (unpaired) electrons. The van der Waals surface area contributed by atoms with Crippen LogP contribution in [0, 0.1) is 0 Å². The average molecular weight is 378 g/mol. The molecule has 1 spiro atoms. The van der Waals surface area contributed by atoms with Crippen molar-refractivity contribution >= 4 is 0 Å². The molecular weight excluding hydrogens is 350 g/mol. The summed E-state index contributed by atoms with van der Waals surface area (Å²) in [7, 11) is 1.79. The Morgan fingerprint density at radius 3 is 2.39 bits per heavy atom. The summed E-state index contributed by atoms with van der Waals surface area (Å²) in [5, 5.41) is 0. The first kappa shape index (κ1) is 18.0. The Hall–Kier alpha value is -2.02. The van der Waals surface area contributed by atoms with Crippen LogP contribution in [-0.2, 0) is 16.0 Å². The van der Waals surface area contributed by atoms with Gasteiger partial charge < -0.3 is 9.47 Å². The zero-order valence-electron chi connectivity index (χ0n) is 16.4. The fourth-order valence-electron chi connectivity index (χ4n) is 4.85. The molecule has 3 heterocycles. The van der Waals surface area contributed by atoms with Crippen LogP contribution in [-0.4, -0.2) is 55.6 Å². The molecule has 5 rings (SSSR count). The first-order valence-electron chi connectivity index (χ1n) is 10.1. The molecule has 5 nitrogen and oxygen atoms in total. The molecule has 28 heavy (non-hydrogen) atoms. The number of ether oxygens (including phenoxy) is 2. The number of nitrogens with one attached hydrogen (secondary N) is 1. The number of methoxy groups -OCH3 is 1. The molecule has 1 fully saturated rings. The fraction of sp³-hybridized carbons (Fsp3) is 0.391. The van der Waals surface area contributed by atoms with Crippen molar-refractivity contribution < 1.29 is 14.1 Å². The first-order valence-corrected chi connectivity index (χ1v) is 10.1. The van der Waals surface area contributed by atoms with Crippen LogP contribution in [0.3, 0.4) is 0 Å². The number of fused-ring (bicyclic) bond motifs is 1. The second kappa shape index (κ2) is 7.43. The van der Waals surface area contributed by atoms with Crippen LogP contribution in [0.25, 0.3) is 0 Å². The summed E-state index contributed by atoms with van der Waals surface area (Å²) in [4.78, 5) is 2.55. The quantitative estimate of drug-likeness (QED) is 0.830. The molecule has 146 valence electrons. The van der Waals surface area contributed by atoms with Gasteiger partial charge in [-0.1, -0.05) is 60.7 Å². The first-order chi connectivity index (χ1) is 13.8. The summed E-state index contributed by atoms with van der Waals surface area (Å²) >= 11 is 0. The Balaban J connectivity index is 1.35. The van der Waals surface area contributed by atoms with Gasteiger partial charge in [-0.25, -0.2) is 4.59 Å². The molecule has 0 amide bonds. The Morgan fingerprint density at radius 1 is 1.04 bits per heavy atom. The highest BCUT2D eigenvalue weighted by Crippen LogP contribution is 2.44. The average Bonchev–Trinajstić information content (AvgIpc) is 3.32. The topological polar surface area (TPSA) is 33.7 Å². The Bertz CT molecular complexity index is 845. The fourth-order valence-corrected chi connectivity index (χ4v) is 4.85.